The molecule has 2 aliphatic heterocycles. The van der Waals surface area contributed by atoms with E-state index in [0.717, 1.165) is 61.8 Å². The second kappa shape index (κ2) is 6.78. The highest BCUT2D eigenvalue weighted by Crippen LogP contribution is 2.48. The van der Waals surface area contributed by atoms with Gasteiger partial charge in [0, 0.05) is 40.8 Å². The van der Waals surface area contributed by atoms with Crippen LogP contribution in [0.4, 0.5) is 0 Å². The van der Waals surface area contributed by atoms with Gasteiger partial charge >= 0.3 is 0 Å². The summed E-state index contributed by atoms with van der Waals surface area (Å²) in [5, 5.41) is 10.2. The summed E-state index contributed by atoms with van der Waals surface area (Å²) in [6, 6.07) is 9.85. The number of rotatable bonds is 3. The molecular formula is C21H23N3O2S. The Kier molecular flexibility index (Phi) is 4.27. The van der Waals surface area contributed by atoms with Gasteiger partial charge in [-0.15, -0.1) is 11.3 Å². The molecule has 0 aliphatic carbocycles. The van der Waals surface area contributed by atoms with Crippen LogP contribution in [-0.4, -0.2) is 39.7 Å². The van der Waals surface area contributed by atoms with Gasteiger partial charge in [0.15, 0.2) is 0 Å². The molecule has 0 radical (unpaired) electrons. The number of benzene rings is 1. The fourth-order valence-electron chi connectivity index (χ4n) is 4.28. The predicted octanol–water partition coefficient (Wildman–Crippen LogP) is 3.91. The van der Waals surface area contributed by atoms with Gasteiger partial charge in [-0.2, -0.15) is 0 Å². The molecule has 0 amide bonds. The Labute approximate surface area is 162 Å². The van der Waals surface area contributed by atoms with Gasteiger partial charge in [-0.1, -0.05) is 12.1 Å². The predicted molar refractivity (Wildman–Crippen MR) is 106 cm³/mol. The zero-order valence-corrected chi connectivity index (χ0v) is 16.0. The number of nitrogens with zero attached hydrogens (tertiary/aromatic N) is 2. The Morgan fingerprint density at radius 2 is 2.11 bits per heavy atom. The minimum Gasteiger partial charge on any atom is -0.507 e. The third-order valence-electron chi connectivity index (χ3n) is 5.73. The van der Waals surface area contributed by atoms with Crippen molar-refractivity contribution < 1.29 is 9.84 Å². The van der Waals surface area contributed by atoms with Crippen molar-refractivity contribution in [1.29, 1.82) is 0 Å². The number of H-pyrrole nitrogens is 1. The Morgan fingerprint density at radius 3 is 2.89 bits per heavy atom. The van der Waals surface area contributed by atoms with Crippen LogP contribution in [0.5, 0.6) is 5.75 Å². The lowest BCUT2D eigenvalue weighted by atomic mass is 9.85. The van der Waals surface area contributed by atoms with E-state index in [2.05, 4.69) is 20.9 Å². The Hall–Kier alpha value is -2.15. The van der Waals surface area contributed by atoms with Gasteiger partial charge in [0.05, 0.1) is 13.2 Å². The molecule has 140 valence electrons. The first-order valence-corrected chi connectivity index (χ1v) is 10.3. The summed E-state index contributed by atoms with van der Waals surface area (Å²) in [4.78, 5) is 12.5. The summed E-state index contributed by atoms with van der Waals surface area (Å²) >= 11 is 1.79. The molecule has 5 nitrogen and oxygen atoms in total. The molecule has 4 heterocycles. The van der Waals surface area contributed by atoms with Crippen molar-refractivity contribution >= 4 is 11.3 Å². The Bertz CT molecular complexity index is 927. The molecule has 2 aliphatic rings. The number of imidazole rings is 1. The zero-order chi connectivity index (χ0) is 18.3. The minimum atomic E-state index is -0.166. The Balaban J connectivity index is 1.39. The normalized spacial score (nSPS) is 19.3. The van der Waals surface area contributed by atoms with Gasteiger partial charge in [-0.3, -0.25) is 4.90 Å². The molecular weight excluding hydrogens is 358 g/mol. The molecule has 2 N–H and O–H groups in total. The number of fused-ring (bicyclic) bond motifs is 2. The average molecular weight is 382 g/mol. The number of thiophene rings is 1. The van der Waals surface area contributed by atoms with Crippen molar-refractivity contribution in [3.05, 3.63) is 59.0 Å². The number of ether oxygens (including phenoxy) is 1. The first-order chi connectivity index (χ1) is 13.2. The van der Waals surface area contributed by atoms with Crippen LogP contribution in [0.3, 0.4) is 0 Å². The first-order valence-electron chi connectivity index (χ1n) is 9.50. The number of aromatic nitrogens is 2. The van der Waals surface area contributed by atoms with Crippen LogP contribution in [0.2, 0.25) is 0 Å². The van der Waals surface area contributed by atoms with Gasteiger partial charge in [-0.25, -0.2) is 4.98 Å². The van der Waals surface area contributed by atoms with Crippen molar-refractivity contribution in [2.24, 2.45) is 0 Å². The van der Waals surface area contributed by atoms with Gasteiger partial charge in [-0.05, 0) is 43.0 Å². The molecule has 27 heavy (non-hydrogen) atoms. The number of phenolic OH excluding ortho intramolecular Hbond substituents is 1. The lowest BCUT2D eigenvalue weighted by Crippen LogP contribution is -2.45. The third kappa shape index (κ3) is 3.08. The number of piperidine rings is 1. The molecule has 2 aromatic heterocycles. The molecule has 0 atom stereocenters. The van der Waals surface area contributed by atoms with E-state index < -0.39 is 0 Å². The zero-order valence-electron chi connectivity index (χ0n) is 15.1. The van der Waals surface area contributed by atoms with E-state index in [4.69, 9.17) is 4.74 Å². The number of hydrogen-bond donors (Lipinski definition) is 2. The highest BCUT2D eigenvalue weighted by molar-refractivity contribution is 7.15. The van der Waals surface area contributed by atoms with Gasteiger partial charge in [0.2, 0.25) is 0 Å². The number of aromatic hydroxyl groups is 1. The summed E-state index contributed by atoms with van der Waals surface area (Å²) in [5.41, 5.74) is 2.15. The smallest absolute Gasteiger partial charge is 0.124 e. The van der Waals surface area contributed by atoms with Crippen molar-refractivity contribution in [1.82, 2.24) is 14.9 Å². The lowest BCUT2D eigenvalue weighted by molar-refractivity contribution is -0.0962. The quantitative estimate of drug-likeness (QED) is 0.722. The van der Waals surface area contributed by atoms with Crippen molar-refractivity contribution in [3.63, 3.8) is 0 Å². The van der Waals surface area contributed by atoms with Gasteiger partial charge in [0.1, 0.15) is 17.2 Å². The summed E-state index contributed by atoms with van der Waals surface area (Å²) in [6.45, 7) is 3.65. The monoisotopic (exact) mass is 381 g/mol. The van der Waals surface area contributed by atoms with Crippen molar-refractivity contribution in [3.8, 4) is 16.2 Å². The lowest BCUT2D eigenvalue weighted by Gasteiger charge is -2.43. The van der Waals surface area contributed by atoms with Crippen LogP contribution in [-0.2, 0) is 23.3 Å². The van der Waals surface area contributed by atoms with Crippen LogP contribution in [0.1, 0.15) is 29.1 Å². The molecule has 1 saturated heterocycles. The first kappa shape index (κ1) is 17.0. The van der Waals surface area contributed by atoms with Gasteiger partial charge < -0.3 is 14.8 Å². The fraction of sp³-hybridized carbons (Fsp3) is 0.381. The van der Waals surface area contributed by atoms with Crippen LogP contribution >= 0.6 is 11.3 Å². The van der Waals surface area contributed by atoms with Crippen LogP contribution in [0.25, 0.3) is 10.4 Å². The number of aromatic amines is 1. The molecule has 0 bridgehead atoms. The van der Waals surface area contributed by atoms with E-state index in [1.54, 1.807) is 17.4 Å². The maximum Gasteiger partial charge on any atom is 0.124 e. The second-order valence-corrected chi connectivity index (χ2v) is 8.44. The van der Waals surface area contributed by atoms with E-state index in [1.807, 2.05) is 30.6 Å². The fourth-order valence-corrected chi connectivity index (χ4v) is 5.72. The highest BCUT2D eigenvalue weighted by Gasteiger charge is 2.42. The van der Waals surface area contributed by atoms with E-state index in [-0.39, 0.29) is 5.60 Å². The number of likely N-dealkylation sites (tertiary alicyclic amines) is 1. The number of hydrogen-bond acceptors (Lipinski definition) is 5. The molecule has 3 aromatic rings. The van der Waals surface area contributed by atoms with Crippen LogP contribution in [0, 0.1) is 0 Å². The number of para-hydroxylation sites is 1. The maximum atomic E-state index is 10.2. The molecule has 1 spiro atoms. The largest absolute Gasteiger partial charge is 0.507 e. The number of phenols is 1. The van der Waals surface area contributed by atoms with Crippen molar-refractivity contribution in [2.75, 3.05) is 19.7 Å². The summed E-state index contributed by atoms with van der Waals surface area (Å²) in [6.07, 6.45) is 6.65. The van der Waals surface area contributed by atoms with E-state index >= 15 is 0 Å². The molecule has 1 fully saturated rings. The van der Waals surface area contributed by atoms with Crippen LogP contribution < -0.4 is 0 Å². The molecule has 6 heteroatoms. The standard InChI is InChI=1S/C21H23N3O2S/c25-17-4-2-1-3-16(17)18-13-15-5-12-26-21(20(15)27-18)6-10-24(11-7-21)14-19-22-8-9-23-19/h1-4,8-9,13,25H,5-7,10-12,14H2,(H,22,23). The van der Waals surface area contributed by atoms with E-state index in [0.29, 0.717) is 5.75 Å². The van der Waals surface area contributed by atoms with Crippen LogP contribution in [0.15, 0.2) is 42.7 Å². The summed E-state index contributed by atoms with van der Waals surface area (Å²) in [5.74, 6) is 1.37. The highest BCUT2D eigenvalue weighted by atomic mass is 32.1. The Morgan fingerprint density at radius 1 is 1.26 bits per heavy atom. The number of nitrogens with one attached hydrogen (secondary N) is 1. The summed E-state index contributed by atoms with van der Waals surface area (Å²) in [7, 11) is 0. The third-order valence-corrected chi connectivity index (χ3v) is 7.13. The second-order valence-electron chi connectivity index (χ2n) is 7.39. The van der Waals surface area contributed by atoms with E-state index in [9.17, 15) is 5.11 Å². The van der Waals surface area contributed by atoms with Gasteiger partial charge in [0.25, 0.3) is 0 Å². The molecule has 1 aromatic carbocycles. The average Bonchev–Trinajstić information content (AvgIpc) is 3.35. The molecule has 0 unspecified atom stereocenters. The van der Waals surface area contributed by atoms with Crippen molar-refractivity contribution in [2.45, 2.75) is 31.4 Å². The SMILES string of the molecule is Oc1ccccc1-c1cc2c(s1)C1(CCN(Cc3ncc[nH]3)CC1)OCC2. The maximum absolute atomic E-state index is 10.2. The molecule has 0 saturated carbocycles. The minimum absolute atomic E-state index is 0.166. The summed E-state index contributed by atoms with van der Waals surface area (Å²) < 4.78 is 6.39. The van der Waals surface area contributed by atoms with E-state index in [1.165, 1.54) is 10.4 Å². The topological polar surface area (TPSA) is 61.4 Å². The molecule has 5 rings (SSSR count).